The van der Waals surface area contributed by atoms with Crippen LogP contribution >= 0.6 is 0 Å². The summed E-state index contributed by atoms with van der Waals surface area (Å²) in [7, 11) is 0. The van der Waals surface area contributed by atoms with Crippen molar-refractivity contribution in [2.24, 2.45) is 0 Å². The van der Waals surface area contributed by atoms with E-state index >= 15 is 0 Å². The number of hydrogen-bond donors (Lipinski definition) is 0. The molecular weight excluding hydrogens is 202 g/mol. The molecule has 92 valence electrons. The minimum Gasteiger partial charge on any atom is -0.465 e. The van der Waals surface area contributed by atoms with Crippen LogP contribution < -0.4 is 0 Å². The van der Waals surface area contributed by atoms with E-state index in [4.69, 9.17) is 4.74 Å². The van der Waals surface area contributed by atoms with Gasteiger partial charge in [-0.15, -0.1) is 0 Å². The van der Waals surface area contributed by atoms with Gasteiger partial charge in [-0.05, 0) is 45.7 Å². The summed E-state index contributed by atoms with van der Waals surface area (Å²) in [6.45, 7) is 4.57. The molecular formula is C13H23NO2. The van der Waals surface area contributed by atoms with Crippen molar-refractivity contribution in [2.75, 3.05) is 19.7 Å². The summed E-state index contributed by atoms with van der Waals surface area (Å²) in [4.78, 5) is 14.6. The lowest BCUT2D eigenvalue weighted by molar-refractivity contribution is -0.158. The molecule has 2 rings (SSSR count). The number of piperidine rings is 1. The number of likely N-dealkylation sites (tertiary alicyclic amines) is 1. The molecule has 1 saturated carbocycles. The molecule has 16 heavy (non-hydrogen) atoms. The van der Waals surface area contributed by atoms with Crippen LogP contribution in [0.15, 0.2) is 0 Å². The lowest BCUT2D eigenvalue weighted by Gasteiger charge is -2.41. The zero-order valence-corrected chi connectivity index (χ0v) is 10.3. The minimum atomic E-state index is -0.254. The fourth-order valence-corrected chi connectivity index (χ4v) is 3.20. The first-order valence-corrected chi connectivity index (χ1v) is 6.72. The summed E-state index contributed by atoms with van der Waals surface area (Å²) < 4.78 is 5.30. The number of esters is 1. The largest absolute Gasteiger partial charge is 0.465 e. The Balaban J connectivity index is 2.10. The predicted octanol–water partition coefficient (Wildman–Crippen LogP) is 2.35. The summed E-state index contributed by atoms with van der Waals surface area (Å²) in [5.74, 6) is 0.0365. The first-order chi connectivity index (χ1) is 7.79. The number of rotatable bonds is 3. The van der Waals surface area contributed by atoms with Crippen LogP contribution in [-0.2, 0) is 9.53 Å². The summed E-state index contributed by atoms with van der Waals surface area (Å²) >= 11 is 0. The zero-order valence-electron chi connectivity index (χ0n) is 10.3. The molecule has 0 radical (unpaired) electrons. The van der Waals surface area contributed by atoms with Crippen LogP contribution in [0.2, 0.25) is 0 Å². The second-order valence-corrected chi connectivity index (χ2v) is 5.01. The van der Waals surface area contributed by atoms with Crippen molar-refractivity contribution in [2.45, 2.75) is 57.4 Å². The Morgan fingerprint density at radius 1 is 1.12 bits per heavy atom. The Labute approximate surface area is 98.1 Å². The van der Waals surface area contributed by atoms with Gasteiger partial charge in [0.25, 0.3) is 0 Å². The van der Waals surface area contributed by atoms with E-state index in [1.165, 1.54) is 32.1 Å². The first-order valence-electron chi connectivity index (χ1n) is 6.72. The Morgan fingerprint density at radius 2 is 1.75 bits per heavy atom. The SMILES string of the molecule is CCOC(=O)C1(N2CCCCC2)CCCC1. The molecule has 0 aromatic rings. The van der Waals surface area contributed by atoms with Gasteiger partial charge in [0.2, 0.25) is 0 Å². The number of nitrogens with zero attached hydrogens (tertiary/aromatic N) is 1. The van der Waals surface area contributed by atoms with E-state index < -0.39 is 0 Å². The van der Waals surface area contributed by atoms with E-state index in [0.29, 0.717) is 6.61 Å². The van der Waals surface area contributed by atoms with Crippen molar-refractivity contribution in [3.63, 3.8) is 0 Å². The number of carbonyl (C=O) groups excluding carboxylic acids is 1. The van der Waals surface area contributed by atoms with Crippen molar-refractivity contribution in [1.29, 1.82) is 0 Å². The first kappa shape index (κ1) is 11.9. The molecule has 2 fully saturated rings. The molecule has 0 amide bonds. The van der Waals surface area contributed by atoms with E-state index in [-0.39, 0.29) is 11.5 Å². The van der Waals surface area contributed by atoms with E-state index in [1.807, 2.05) is 6.92 Å². The zero-order chi connectivity index (χ0) is 11.4. The second-order valence-electron chi connectivity index (χ2n) is 5.01. The molecule has 1 aliphatic carbocycles. The third kappa shape index (κ3) is 2.10. The maximum absolute atomic E-state index is 12.2. The molecule has 0 N–H and O–H groups in total. The Kier molecular flexibility index (Phi) is 3.85. The third-order valence-corrected chi connectivity index (χ3v) is 4.05. The average molecular weight is 225 g/mol. The van der Waals surface area contributed by atoms with E-state index in [0.717, 1.165) is 25.9 Å². The summed E-state index contributed by atoms with van der Waals surface area (Å²) in [5, 5.41) is 0. The van der Waals surface area contributed by atoms with E-state index in [2.05, 4.69) is 4.90 Å². The monoisotopic (exact) mass is 225 g/mol. The van der Waals surface area contributed by atoms with Gasteiger partial charge in [-0.3, -0.25) is 9.69 Å². The fourth-order valence-electron chi connectivity index (χ4n) is 3.20. The van der Waals surface area contributed by atoms with Crippen molar-refractivity contribution >= 4 is 5.97 Å². The van der Waals surface area contributed by atoms with Crippen molar-refractivity contribution in [3.8, 4) is 0 Å². The van der Waals surface area contributed by atoms with Crippen LogP contribution in [0.1, 0.15) is 51.9 Å². The molecule has 2 aliphatic rings. The Bertz CT molecular complexity index is 240. The lowest BCUT2D eigenvalue weighted by atomic mass is 9.92. The lowest BCUT2D eigenvalue weighted by Crippen LogP contribution is -2.55. The van der Waals surface area contributed by atoms with E-state index in [9.17, 15) is 4.79 Å². The summed E-state index contributed by atoms with van der Waals surface area (Å²) in [6.07, 6.45) is 8.15. The van der Waals surface area contributed by atoms with Gasteiger partial charge in [0.15, 0.2) is 0 Å². The Hall–Kier alpha value is -0.570. The molecule has 0 aromatic heterocycles. The van der Waals surface area contributed by atoms with Crippen LogP contribution in [0.3, 0.4) is 0 Å². The molecule has 0 atom stereocenters. The van der Waals surface area contributed by atoms with Crippen LogP contribution in [0.25, 0.3) is 0 Å². The standard InChI is InChI=1S/C13H23NO2/c1-2-16-12(15)13(8-4-5-9-13)14-10-6-3-7-11-14/h2-11H2,1H3. The third-order valence-electron chi connectivity index (χ3n) is 4.05. The van der Waals surface area contributed by atoms with Crippen LogP contribution in [0.4, 0.5) is 0 Å². The Morgan fingerprint density at radius 3 is 2.31 bits per heavy atom. The van der Waals surface area contributed by atoms with Crippen molar-refractivity contribution < 1.29 is 9.53 Å². The van der Waals surface area contributed by atoms with Crippen LogP contribution in [0, 0.1) is 0 Å². The highest BCUT2D eigenvalue weighted by Crippen LogP contribution is 2.38. The molecule has 0 aromatic carbocycles. The topological polar surface area (TPSA) is 29.5 Å². The minimum absolute atomic E-state index is 0.0365. The number of carbonyl (C=O) groups is 1. The molecule has 3 heteroatoms. The normalized spacial score (nSPS) is 25.6. The quantitative estimate of drug-likeness (QED) is 0.690. The van der Waals surface area contributed by atoms with Gasteiger partial charge in [0.05, 0.1) is 6.61 Å². The van der Waals surface area contributed by atoms with Crippen molar-refractivity contribution in [1.82, 2.24) is 4.90 Å². The van der Waals surface area contributed by atoms with Gasteiger partial charge in [-0.2, -0.15) is 0 Å². The molecule has 3 nitrogen and oxygen atoms in total. The molecule has 0 bridgehead atoms. The van der Waals surface area contributed by atoms with Crippen LogP contribution in [-0.4, -0.2) is 36.1 Å². The predicted molar refractivity (Wildman–Crippen MR) is 63.3 cm³/mol. The van der Waals surface area contributed by atoms with E-state index in [1.54, 1.807) is 0 Å². The summed E-state index contributed by atoms with van der Waals surface area (Å²) in [6, 6.07) is 0. The fraction of sp³-hybridized carbons (Fsp3) is 0.923. The smallest absolute Gasteiger partial charge is 0.326 e. The number of hydrogen-bond acceptors (Lipinski definition) is 3. The maximum atomic E-state index is 12.2. The van der Waals surface area contributed by atoms with Crippen molar-refractivity contribution in [3.05, 3.63) is 0 Å². The molecule has 0 unspecified atom stereocenters. The van der Waals surface area contributed by atoms with Gasteiger partial charge in [-0.25, -0.2) is 0 Å². The summed E-state index contributed by atoms with van der Waals surface area (Å²) in [5.41, 5.74) is -0.254. The number of ether oxygens (including phenoxy) is 1. The average Bonchev–Trinajstić information content (AvgIpc) is 2.81. The van der Waals surface area contributed by atoms with Gasteiger partial charge < -0.3 is 4.74 Å². The highest BCUT2D eigenvalue weighted by molar-refractivity contribution is 5.81. The van der Waals surface area contributed by atoms with Crippen LogP contribution in [0.5, 0.6) is 0 Å². The second kappa shape index (κ2) is 5.17. The van der Waals surface area contributed by atoms with Gasteiger partial charge in [-0.1, -0.05) is 19.3 Å². The highest BCUT2D eigenvalue weighted by atomic mass is 16.5. The van der Waals surface area contributed by atoms with Gasteiger partial charge >= 0.3 is 5.97 Å². The molecule has 0 spiro atoms. The highest BCUT2D eigenvalue weighted by Gasteiger charge is 2.47. The maximum Gasteiger partial charge on any atom is 0.326 e. The van der Waals surface area contributed by atoms with Gasteiger partial charge in [0, 0.05) is 0 Å². The molecule has 1 aliphatic heterocycles. The molecule has 1 saturated heterocycles. The van der Waals surface area contributed by atoms with Gasteiger partial charge in [0.1, 0.15) is 5.54 Å². The molecule has 1 heterocycles.